The lowest BCUT2D eigenvalue weighted by Gasteiger charge is -2.32. The summed E-state index contributed by atoms with van der Waals surface area (Å²) in [5.74, 6) is 0.0144. The highest BCUT2D eigenvalue weighted by atomic mass is 79.9. The van der Waals surface area contributed by atoms with E-state index in [2.05, 4.69) is 27.3 Å². The molecule has 1 aliphatic rings. The number of aliphatic hydroxyl groups is 1. The Morgan fingerprint density at radius 1 is 1.45 bits per heavy atom. The second-order valence-electron chi connectivity index (χ2n) is 5.17. The fourth-order valence-electron chi connectivity index (χ4n) is 2.19. The summed E-state index contributed by atoms with van der Waals surface area (Å²) < 4.78 is 6.34. The van der Waals surface area contributed by atoms with Crippen molar-refractivity contribution in [1.82, 2.24) is 5.32 Å². The number of rotatable bonds is 6. The van der Waals surface area contributed by atoms with Crippen LogP contribution in [0.2, 0.25) is 0 Å². The van der Waals surface area contributed by atoms with Crippen LogP contribution in [-0.4, -0.2) is 36.4 Å². The second-order valence-corrected chi connectivity index (χ2v) is 7.72. The number of carbonyl (C=O) groups excluding carboxylic acids is 1. The zero-order valence-corrected chi connectivity index (χ0v) is 13.8. The molecule has 1 fully saturated rings. The van der Waals surface area contributed by atoms with E-state index in [-0.39, 0.29) is 5.91 Å². The number of nitrogens with one attached hydrogen (secondary N) is 1. The van der Waals surface area contributed by atoms with Crippen LogP contribution >= 0.6 is 27.3 Å². The number of aryl methyl sites for hydroxylation is 1. The molecule has 0 saturated carbocycles. The van der Waals surface area contributed by atoms with Gasteiger partial charge in [0, 0.05) is 43.9 Å². The van der Waals surface area contributed by atoms with E-state index in [0.717, 1.165) is 16.6 Å². The van der Waals surface area contributed by atoms with Gasteiger partial charge in [0.25, 0.3) is 0 Å². The molecule has 1 aromatic heterocycles. The molecular weight excluding hydrogens is 342 g/mol. The SMILES string of the molecule is O=C(CCCc1ccc(Br)s1)NCC1(O)CCOCC1. The maximum absolute atomic E-state index is 11.8. The molecule has 1 aliphatic heterocycles. The molecule has 0 radical (unpaired) electrons. The number of amides is 1. The van der Waals surface area contributed by atoms with Crippen LogP contribution in [0.5, 0.6) is 0 Å². The predicted molar refractivity (Wildman–Crippen MR) is 83.0 cm³/mol. The van der Waals surface area contributed by atoms with Crippen molar-refractivity contribution in [1.29, 1.82) is 0 Å². The van der Waals surface area contributed by atoms with Crippen molar-refractivity contribution in [3.8, 4) is 0 Å². The average Bonchev–Trinajstić information content (AvgIpc) is 2.83. The van der Waals surface area contributed by atoms with Crippen molar-refractivity contribution in [3.05, 3.63) is 20.8 Å². The Kier molecular flexibility index (Phi) is 6.01. The predicted octanol–water partition coefficient (Wildman–Crippen LogP) is 2.49. The van der Waals surface area contributed by atoms with Crippen molar-refractivity contribution < 1.29 is 14.6 Å². The van der Waals surface area contributed by atoms with Gasteiger partial charge in [-0.05, 0) is 40.9 Å². The van der Waals surface area contributed by atoms with Crippen LogP contribution in [0.15, 0.2) is 15.9 Å². The largest absolute Gasteiger partial charge is 0.388 e. The first-order valence-electron chi connectivity index (χ1n) is 6.88. The van der Waals surface area contributed by atoms with Gasteiger partial charge in [-0.15, -0.1) is 11.3 Å². The lowest BCUT2D eigenvalue weighted by molar-refractivity contribution is -0.124. The minimum absolute atomic E-state index is 0.0144. The molecule has 1 saturated heterocycles. The summed E-state index contributed by atoms with van der Waals surface area (Å²) in [5.41, 5.74) is -0.785. The zero-order valence-electron chi connectivity index (χ0n) is 11.4. The van der Waals surface area contributed by atoms with Gasteiger partial charge in [0.15, 0.2) is 0 Å². The number of ether oxygens (including phenoxy) is 1. The third-order valence-corrected chi connectivity index (χ3v) is 5.18. The van der Waals surface area contributed by atoms with E-state index in [1.807, 2.05) is 6.07 Å². The van der Waals surface area contributed by atoms with Crippen molar-refractivity contribution in [3.63, 3.8) is 0 Å². The van der Waals surface area contributed by atoms with Gasteiger partial charge in [-0.2, -0.15) is 0 Å². The van der Waals surface area contributed by atoms with E-state index in [1.165, 1.54) is 4.88 Å². The van der Waals surface area contributed by atoms with E-state index < -0.39 is 5.60 Å². The molecule has 0 spiro atoms. The molecule has 4 nitrogen and oxygen atoms in total. The number of thiophene rings is 1. The van der Waals surface area contributed by atoms with Gasteiger partial charge in [0.05, 0.1) is 9.39 Å². The van der Waals surface area contributed by atoms with Gasteiger partial charge in [-0.1, -0.05) is 0 Å². The number of carbonyl (C=O) groups is 1. The average molecular weight is 362 g/mol. The first kappa shape index (κ1) is 15.9. The quantitative estimate of drug-likeness (QED) is 0.818. The Morgan fingerprint density at radius 2 is 2.20 bits per heavy atom. The van der Waals surface area contributed by atoms with Crippen LogP contribution in [0.1, 0.15) is 30.6 Å². The molecule has 0 aliphatic carbocycles. The highest BCUT2D eigenvalue weighted by molar-refractivity contribution is 9.11. The standard InChI is InChI=1S/C14H20BrNO3S/c15-12-5-4-11(20-12)2-1-3-13(17)16-10-14(18)6-8-19-9-7-14/h4-5,18H,1-3,6-10H2,(H,16,17). The molecule has 2 N–H and O–H groups in total. The molecular formula is C14H20BrNO3S. The van der Waals surface area contributed by atoms with Crippen molar-refractivity contribution >= 4 is 33.2 Å². The molecule has 0 atom stereocenters. The molecule has 0 aromatic carbocycles. The lowest BCUT2D eigenvalue weighted by atomic mass is 9.94. The monoisotopic (exact) mass is 361 g/mol. The molecule has 6 heteroatoms. The third kappa shape index (κ3) is 5.16. The molecule has 0 unspecified atom stereocenters. The smallest absolute Gasteiger partial charge is 0.220 e. The van der Waals surface area contributed by atoms with E-state index in [0.29, 0.717) is 39.0 Å². The Morgan fingerprint density at radius 3 is 2.85 bits per heavy atom. The van der Waals surface area contributed by atoms with Crippen LogP contribution < -0.4 is 5.32 Å². The molecule has 1 amide bonds. The van der Waals surface area contributed by atoms with Crippen LogP contribution in [0.25, 0.3) is 0 Å². The van der Waals surface area contributed by atoms with E-state index in [1.54, 1.807) is 11.3 Å². The lowest BCUT2D eigenvalue weighted by Crippen LogP contribution is -2.46. The zero-order chi connectivity index (χ0) is 14.4. The van der Waals surface area contributed by atoms with Gasteiger partial charge in [0.2, 0.25) is 5.91 Å². The van der Waals surface area contributed by atoms with E-state index in [4.69, 9.17) is 4.74 Å². The van der Waals surface area contributed by atoms with Gasteiger partial charge in [-0.3, -0.25) is 4.79 Å². The summed E-state index contributed by atoms with van der Waals surface area (Å²) >= 11 is 5.13. The molecule has 20 heavy (non-hydrogen) atoms. The fraction of sp³-hybridized carbons (Fsp3) is 0.643. The van der Waals surface area contributed by atoms with Gasteiger partial charge >= 0.3 is 0 Å². The summed E-state index contributed by atoms with van der Waals surface area (Å²) in [5, 5.41) is 13.1. The molecule has 2 heterocycles. The van der Waals surface area contributed by atoms with Crippen LogP contribution in [0.4, 0.5) is 0 Å². The first-order valence-corrected chi connectivity index (χ1v) is 8.49. The van der Waals surface area contributed by atoms with Crippen LogP contribution in [0, 0.1) is 0 Å². The number of hydrogen-bond donors (Lipinski definition) is 2. The Labute approximate surface area is 131 Å². The van der Waals surface area contributed by atoms with Crippen molar-refractivity contribution in [2.75, 3.05) is 19.8 Å². The maximum atomic E-state index is 11.8. The molecule has 1 aromatic rings. The topological polar surface area (TPSA) is 58.6 Å². The number of hydrogen-bond acceptors (Lipinski definition) is 4. The van der Waals surface area contributed by atoms with Crippen LogP contribution in [-0.2, 0) is 16.0 Å². The summed E-state index contributed by atoms with van der Waals surface area (Å²) in [6.45, 7) is 1.47. The number of halogens is 1. The van der Waals surface area contributed by atoms with E-state index in [9.17, 15) is 9.90 Å². The normalized spacial score (nSPS) is 17.9. The highest BCUT2D eigenvalue weighted by Crippen LogP contribution is 2.23. The minimum Gasteiger partial charge on any atom is -0.388 e. The second kappa shape index (κ2) is 7.54. The first-order chi connectivity index (χ1) is 9.57. The van der Waals surface area contributed by atoms with Gasteiger partial charge < -0.3 is 15.2 Å². The summed E-state index contributed by atoms with van der Waals surface area (Å²) in [4.78, 5) is 13.0. The van der Waals surface area contributed by atoms with Gasteiger partial charge in [-0.25, -0.2) is 0 Å². The molecule has 0 bridgehead atoms. The van der Waals surface area contributed by atoms with Crippen molar-refractivity contribution in [2.45, 2.75) is 37.7 Å². The fourth-order valence-corrected chi connectivity index (χ4v) is 3.71. The Balaban J connectivity index is 1.62. The summed E-state index contributed by atoms with van der Waals surface area (Å²) in [6.07, 6.45) is 3.44. The molecule has 2 rings (SSSR count). The Hall–Kier alpha value is -0.430. The Bertz CT molecular complexity index is 443. The summed E-state index contributed by atoms with van der Waals surface area (Å²) in [7, 11) is 0. The van der Waals surface area contributed by atoms with Crippen LogP contribution in [0.3, 0.4) is 0 Å². The minimum atomic E-state index is -0.785. The highest BCUT2D eigenvalue weighted by Gasteiger charge is 2.29. The summed E-state index contributed by atoms with van der Waals surface area (Å²) in [6, 6.07) is 4.11. The maximum Gasteiger partial charge on any atom is 0.220 e. The van der Waals surface area contributed by atoms with E-state index >= 15 is 0 Å². The van der Waals surface area contributed by atoms with Crippen molar-refractivity contribution in [2.24, 2.45) is 0 Å². The van der Waals surface area contributed by atoms with Gasteiger partial charge in [0.1, 0.15) is 0 Å². The third-order valence-electron chi connectivity index (χ3n) is 3.49. The molecule has 112 valence electrons.